The molecule has 0 aliphatic carbocycles. The Bertz CT molecular complexity index is 1390. The number of thioether (sulfide) groups is 1. The van der Waals surface area contributed by atoms with Gasteiger partial charge in [-0.3, -0.25) is 14.5 Å². The molecule has 1 saturated heterocycles. The Kier molecular flexibility index (Phi) is 8.77. The van der Waals surface area contributed by atoms with E-state index in [1.54, 1.807) is 24.3 Å². The third-order valence-corrected chi connectivity index (χ3v) is 6.60. The summed E-state index contributed by atoms with van der Waals surface area (Å²) in [5, 5.41) is 9.03. The molecule has 0 atom stereocenters. The number of alkyl halides is 3. The maximum absolute atomic E-state index is 12.6. The van der Waals surface area contributed by atoms with Gasteiger partial charge in [-0.25, -0.2) is 0 Å². The van der Waals surface area contributed by atoms with Gasteiger partial charge in [-0.2, -0.15) is 0 Å². The van der Waals surface area contributed by atoms with Crippen LogP contribution in [0.2, 0.25) is 0 Å². The molecule has 3 aromatic carbocycles. The smallest absolute Gasteiger partial charge is 0.485 e. The molecule has 0 saturated carbocycles. The second-order valence-electron chi connectivity index (χ2n) is 8.12. The average Bonchev–Trinajstić information content (AvgIpc) is 3.14. The Balaban J connectivity index is 1.53. The first-order chi connectivity index (χ1) is 18.6. The summed E-state index contributed by atoms with van der Waals surface area (Å²) < 4.78 is 53.2. The van der Waals surface area contributed by atoms with E-state index in [1.165, 1.54) is 24.3 Å². The summed E-state index contributed by atoms with van der Waals surface area (Å²) in [4.78, 5) is 25.0. The zero-order chi connectivity index (χ0) is 28.0. The summed E-state index contributed by atoms with van der Waals surface area (Å²) in [6.07, 6.45) is -3.19. The van der Waals surface area contributed by atoms with Crippen molar-refractivity contribution in [1.29, 1.82) is 0 Å². The van der Waals surface area contributed by atoms with Gasteiger partial charge in [0.1, 0.15) is 29.8 Å². The van der Waals surface area contributed by atoms with Crippen LogP contribution in [0.25, 0.3) is 6.08 Å². The molecule has 0 aromatic heterocycles. The molecule has 39 heavy (non-hydrogen) atoms. The summed E-state index contributed by atoms with van der Waals surface area (Å²) in [5.74, 6) is -1.27. The van der Waals surface area contributed by atoms with Crippen molar-refractivity contribution in [3.05, 3.63) is 94.4 Å². The number of benzene rings is 3. The average molecular weight is 576 g/mol. The summed E-state index contributed by atoms with van der Waals surface area (Å²) in [6.45, 7) is -0.254. The molecule has 0 unspecified atom stereocenters. The SMILES string of the molecule is O=C(O)CN1C(=O)/C(=C/c2ccc(OCc3ccc(OC(F)(F)F)cc3)c(OCc3ccccc3)c2)SC1=S. The van der Waals surface area contributed by atoms with E-state index >= 15 is 0 Å². The van der Waals surface area contributed by atoms with Crippen LogP contribution in [0.4, 0.5) is 13.2 Å². The van der Waals surface area contributed by atoms with Gasteiger partial charge in [0, 0.05) is 0 Å². The van der Waals surface area contributed by atoms with Gasteiger partial charge in [-0.15, -0.1) is 13.2 Å². The van der Waals surface area contributed by atoms with Gasteiger partial charge in [0.2, 0.25) is 0 Å². The number of carbonyl (C=O) groups is 2. The van der Waals surface area contributed by atoms with E-state index in [2.05, 4.69) is 4.74 Å². The number of hydrogen-bond acceptors (Lipinski definition) is 7. The number of amides is 1. The fourth-order valence-corrected chi connectivity index (χ4v) is 4.71. The third kappa shape index (κ3) is 7.98. The number of rotatable bonds is 10. The first-order valence-corrected chi connectivity index (χ1v) is 12.6. The highest BCUT2D eigenvalue weighted by atomic mass is 32.2. The Morgan fingerprint density at radius 1 is 0.949 bits per heavy atom. The van der Waals surface area contributed by atoms with Crippen molar-refractivity contribution in [3.63, 3.8) is 0 Å². The van der Waals surface area contributed by atoms with Gasteiger partial charge in [-0.05, 0) is 47.0 Å². The maximum Gasteiger partial charge on any atom is 0.573 e. The second kappa shape index (κ2) is 12.2. The first-order valence-electron chi connectivity index (χ1n) is 11.3. The predicted molar refractivity (Wildman–Crippen MR) is 142 cm³/mol. The second-order valence-corrected chi connectivity index (χ2v) is 9.80. The van der Waals surface area contributed by atoms with Crippen LogP contribution < -0.4 is 14.2 Å². The molecule has 1 fully saturated rings. The minimum absolute atomic E-state index is 0.0428. The fourth-order valence-electron chi connectivity index (χ4n) is 3.45. The van der Waals surface area contributed by atoms with Gasteiger partial charge in [0.25, 0.3) is 5.91 Å². The summed E-state index contributed by atoms with van der Waals surface area (Å²) in [5.41, 5.74) is 2.10. The van der Waals surface area contributed by atoms with Crippen molar-refractivity contribution in [2.75, 3.05) is 6.54 Å². The number of aliphatic carboxylic acids is 1. The molecule has 7 nitrogen and oxygen atoms in total. The van der Waals surface area contributed by atoms with E-state index in [0.29, 0.717) is 22.6 Å². The number of halogens is 3. The quantitative estimate of drug-likeness (QED) is 0.232. The highest BCUT2D eigenvalue weighted by Crippen LogP contribution is 2.35. The van der Waals surface area contributed by atoms with E-state index in [4.69, 9.17) is 26.8 Å². The molecule has 3 aromatic rings. The fraction of sp³-hybridized carbons (Fsp3) is 0.148. The van der Waals surface area contributed by atoms with E-state index in [9.17, 15) is 22.8 Å². The molecule has 0 spiro atoms. The number of carboxylic acid groups (broad SMARTS) is 1. The van der Waals surface area contributed by atoms with Gasteiger partial charge >= 0.3 is 12.3 Å². The molecule has 1 heterocycles. The highest BCUT2D eigenvalue weighted by Gasteiger charge is 2.33. The molecule has 1 amide bonds. The number of nitrogens with zero attached hydrogens (tertiary/aromatic N) is 1. The molecule has 0 bridgehead atoms. The van der Waals surface area contributed by atoms with Crippen LogP contribution in [0, 0.1) is 0 Å². The van der Waals surface area contributed by atoms with Gasteiger partial charge in [0.05, 0.1) is 4.91 Å². The largest absolute Gasteiger partial charge is 0.573 e. The van der Waals surface area contributed by atoms with Crippen LogP contribution in [-0.2, 0) is 22.8 Å². The lowest BCUT2D eigenvalue weighted by molar-refractivity contribution is -0.274. The number of hydrogen-bond donors (Lipinski definition) is 1. The Morgan fingerprint density at radius 2 is 1.59 bits per heavy atom. The number of carbonyl (C=O) groups excluding carboxylic acids is 1. The minimum atomic E-state index is -4.78. The third-order valence-electron chi connectivity index (χ3n) is 5.22. The molecule has 12 heteroatoms. The van der Waals surface area contributed by atoms with Crippen LogP contribution in [0.15, 0.2) is 77.7 Å². The number of ether oxygens (including phenoxy) is 3. The predicted octanol–water partition coefficient (Wildman–Crippen LogP) is 6.03. The minimum Gasteiger partial charge on any atom is -0.485 e. The van der Waals surface area contributed by atoms with Gasteiger partial charge in [-0.1, -0.05) is 72.5 Å². The maximum atomic E-state index is 12.6. The van der Waals surface area contributed by atoms with E-state index in [0.717, 1.165) is 22.2 Å². The molecule has 4 rings (SSSR count). The van der Waals surface area contributed by atoms with Crippen LogP contribution in [-0.4, -0.2) is 39.1 Å². The Morgan fingerprint density at radius 3 is 2.23 bits per heavy atom. The number of carboxylic acids is 1. The Labute approximate surface area is 230 Å². The van der Waals surface area contributed by atoms with E-state index in [1.807, 2.05) is 30.3 Å². The summed E-state index contributed by atoms with van der Waals surface area (Å²) in [6, 6.07) is 19.7. The lowest BCUT2D eigenvalue weighted by Crippen LogP contribution is -2.33. The zero-order valence-corrected chi connectivity index (χ0v) is 21.6. The van der Waals surface area contributed by atoms with Crippen LogP contribution in [0.1, 0.15) is 16.7 Å². The van der Waals surface area contributed by atoms with Crippen molar-refractivity contribution in [2.45, 2.75) is 19.6 Å². The highest BCUT2D eigenvalue weighted by molar-refractivity contribution is 8.26. The molecule has 1 N–H and O–H groups in total. The molecular formula is C27H20F3NO6S2. The van der Waals surface area contributed by atoms with Crippen molar-refractivity contribution < 1.29 is 42.1 Å². The number of thiocarbonyl (C=S) groups is 1. The molecule has 202 valence electrons. The van der Waals surface area contributed by atoms with Crippen LogP contribution in [0.3, 0.4) is 0 Å². The van der Waals surface area contributed by atoms with Crippen molar-refractivity contribution in [2.24, 2.45) is 0 Å². The van der Waals surface area contributed by atoms with Crippen molar-refractivity contribution in [3.8, 4) is 17.2 Å². The monoisotopic (exact) mass is 575 g/mol. The van der Waals surface area contributed by atoms with Crippen LogP contribution in [0.5, 0.6) is 17.2 Å². The van der Waals surface area contributed by atoms with Crippen molar-refractivity contribution in [1.82, 2.24) is 4.90 Å². The lowest BCUT2D eigenvalue weighted by atomic mass is 10.1. The molecule has 1 aliphatic rings. The topological polar surface area (TPSA) is 85.3 Å². The summed E-state index contributed by atoms with van der Waals surface area (Å²) >= 11 is 6.15. The van der Waals surface area contributed by atoms with Gasteiger partial charge < -0.3 is 19.3 Å². The normalized spacial score (nSPS) is 14.5. The molecule has 1 aliphatic heterocycles. The zero-order valence-electron chi connectivity index (χ0n) is 20.0. The van der Waals surface area contributed by atoms with E-state index < -0.39 is 24.8 Å². The lowest BCUT2D eigenvalue weighted by Gasteiger charge is -2.14. The standard InChI is InChI=1S/C27H20F3NO6S2/c28-27(29,30)37-20-9-6-18(7-10-20)16-35-21-11-8-19(12-22(21)36-15-17-4-2-1-3-5-17)13-23-25(34)31(14-24(32)33)26(38)39-23/h1-13H,14-16H2,(H,32,33)/b23-13-. The van der Waals surface area contributed by atoms with Crippen LogP contribution >= 0.6 is 24.0 Å². The molecule has 0 radical (unpaired) electrons. The Hall–Kier alpha value is -4.03. The summed E-state index contributed by atoms with van der Waals surface area (Å²) in [7, 11) is 0. The van der Waals surface area contributed by atoms with E-state index in [-0.39, 0.29) is 28.2 Å². The van der Waals surface area contributed by atoms with Crippen molar-refractivity contribution >= 4 is 46.3 Å². The van der Waals surface area contributed by atoms with Gasteiger partial charge in [0.15, 0.2) is 11.5 Å². The first kappa shape index (κ1) is 28.0. The molecular weight excluding hydrogens is 555 g/mol.